The van der Waals surface area contributed by atoms with Crippen LogP contribution in [0.5, 0.6) is 0 Å². The van der Waals surface area contributed by atoms with Gasteiger partial charge in [0, 0.05) is 10.7 Å². The third-order valence-electron chi connectivity index (χ3n) is 6.18. The van der Waals surface area contributed by atoms with Gasteiger partial charge in [-0.15, -0.1) is 0 Å². The van der Waals surface area contributed by atoms with E-state index in [9.17, 15) is 21.6 Å². The van der Waals surface area contributed by atoms with Gasteiger partial charge in [0.05, 0.1) is 21.2 Å². The maximum absolute atomic E-state index is 13.5. The second-order valence-corrected chi connectivity index (χ2v) is 13.2. The van der Waals surface area contributed by atoms with Crippen LogP contribution in [0.2, 0.25) is 5.02 Å². The van der Waals surface area contributed by atoms with Crippen LogP contribution in [0.4, 0.5) is 17.1 Å². The monoisotopic (exact) mass is 597 g/mol. The topological polar surface area (TPSA) is 113 Å². The number of hydrogen-bond donors (Lipinski definition) is 2. The Kier molecular flexibility index (Phi) is 8.53. The molecule has 4 aromatic rings. The molecule has 0 saturated carbocycles. The molecule has 8 nitrogen and oxygen atoms in total. The Morgan fingerprint density at radius 3 is 1.88 bits per heavy atom. The highest BCUT2D eigenvalue weighted by Crippen LogP contribution is 2.26. The molecule has 0 spiro atoms. The number of nitrogens with zero attached hydrogens (tertiary/aromatic N) is 1. The number of sulfonamides is 2. The van der Waals surface area contributed by atoms with Gasteiger partial charge in [0.1, 0.15) is 6.54 Å². The van der Waals surface area contributed by atoms with E-state index in [2.05, 4.69) is 10.0 Å². The normalized spacial score (nSPS) is 11.6. The molecule has 4 rings (SSSR count). The Balaban J connectivity index is 1.54. The van der Waals surface area contributed by atoms with Crippen LogP contribution >= 0.6 is 11.6 Å². The van der Waals surface area contributed by atoms with E-state index in [1.165, 1.54) is 48.5 Å². The predicted octanol–water partition coefficient (Wildman–Crippen LogP) is 5.90. The van der Waals surface area contributed by atoms with Crippen LogP contribution < -0.4 is 14.3 Å². The van der Waals surface area contributed by atoms with Gasteiger partial charge >= 0.3 is 0 Å². The summed E-state index contributed by atoms with van der Waals surface area (Å²) < 4.78 is 56.5. The molecule has 0 bridgehead atoms. The van der Waals surface area contributed by atoms with Gasteiger partial charge in [-0.05, 0) is 92.6 Å². The Bertz CT molecular complexity index is 1720. The molecule has 0 aromatic heterocycles. The van der Waals surface area contributed by atoms with Gasteiger partial charge in [0.15, 0.2) is 0 Å². The second kappa shape index (κ2) is 11.7. The van der Waals surface area contributed by atoms with E-state index < -0.39 is 32.5 Å². The number of anilines is 3. The van der Waals surface area contributed by atoms with Gasteiger partial charge in [-0.25, -0.2) is 16.8 Å². The fourth-order valence-corrected chi connectivity index (χ4v) is 6.73. The molecular weight excluding hydrogens is 570 g/mol. The average Bonchev–Trinajstić information content (AvgIpc) is 2.91. The maximum atomic E-state index is 13.5. The highest BCUT2D eigenvalue weighted by Gasteiger charge is 2.27. The first-order chi connectivity index (χ1) is 18.9. The largest absolute Gasteiger partial charge is 0.325 e. The number of carbonyl (C=O) groups is 1. The third-order valence-corrected chi connectivity index (χ3v) is 9.58. The lowest BCUT2D eigenvalue weighted by atomic mass is 10.1. The van der Waals surface area contributed by atoms with Gasteiger partial charge in [-0.2, -0.15) is 0 Å². The Labute approximate surface area is 239 Å². The number of benzene rings is 4. The second-order valence-electron chi connectivity index (χ2n) is 9.25. The Morgan fingerprint density at radius 2 is 1.30 bits per heavy atom. The van der Waals surface area contributed by atoms with E-state index in [0.29, 0.717) is 22.1 Å². The molecule has 0 aliphatic carbocycles. The van der Waals surface area contributed by atoms with Crippen molar-refractivity contribution in [3.63, 3.8) is 0 Å². The van der Waals surface area contributed by atoms with E-state index in [0.717, 1.165) is 21.0 Å². The number of carbonyl (C=O) groups excluding carboxylic acids is 1. The highest BCUT2D eigenvalue weighted by atomic mass is 35.5. The van der Waals surface area contributed by atoms with Crippen molar-refractivity contribution < 1.29 is 21.6 Å². The number of aryl methyl sites for hydroxylation is 3. The molecule has 0 unspecified atom stereocenters. The SMILES string of the molecule is Cc1ccc(N(CC(=O)Nc2ccc(S(=O)(=O)Nc3c(C)cccc3C)cc2)S(=O)(=O)c2ccc(Cl)cc2)cc1. The lowest BCUT2D eigenvalue weighted by Crippen LogP contribution is -2.38. The van der Waals surface area contributed by atoms with Gasteiger partial charge in [0.25, 0.3) is 20.0 Å². The van der Waals surface area contributed by atoms with Crippen LogP contribution in [0.3, 0.4) is 0 Å². The van der Waals surface area contributed by atoms with E-state index in [1.807, 2.05) is 39.0 Å². The van der Waals surface area contributed by atoms with Crippen LogP contribution in [0.1, 0.15) is 16.7 Å². The number of nitrogens with one attached hydrogen (secondary N) is 2. The van der Waals surface area contributed by atoms with Crippen LogP contribution in [-0.2, 0) is 24.8 Å². The molecule has 0 aliphatic rings. The molecular formula is C29H28ClN3O5S2. The minimum atomic E-state index is -4.11. The summed E-state index contributed by atoms with van der Waals surface area (Å²) in [6.45, 7) is 4.99. The summed E-state index contributed by atoms with van der Waals surface area (Å²) in [5, 5.41) is 3.03. The zero-order chi connectivity index (χ0) is 29.1. The highest BCUT2D eigenvalue weighted by molar-refractivity contribution is 7.93. The van der Waals surface area contributed by atoms with Crippen molar-refractivity contribution >= 4 is 54.6 Å². The molecule has 208 valence electrons. The average molecular weight is 598 g/mol. The minimum Gasteiger partial charge on any atom is -0.325 e. The first-order valence-electron chi connectivity index (χ1n) is 12.2. The third kappa shape index (κ3) is 6.64. The summed E-state index contributed by atoms with van der Waals surface area (Å²) in [6.07, 6.45) is 0. The molecule has 40 heavy (non-hydrogen) atoms. The molecule has 0 heterocycles. The van der Waals surface area contributed by atoms with Crippen molar-refractivity contribution in [2.75, 3.05) is 20.9 Å². The fourth-order valence-electron chi connectivity index (χ4n) is 3.98. The zero-order valence-electron chi connectivity index (χ0n) is 22.1. The lowest BCUT2D eigenvalue weighted by Gasteiger charge is -2.24. The number of para-hydroxylation sites is 1. The maximum Gasteiger partial charge on any atom is 0.264 e. The van der Waals surface area contributed by atoms with E-state index in [-0.39, 0.29) is 9.79 Å². The number of amides is 1. The summed E-state index contributed by atoms with van der Waals surface area (Å²) in [6, 6.07) is 23.5. The quantitative estimate of drug-likeness (QED) is 0.249. The van der Waals surface area contributed by atoms with E-state index in [4.69, 9.17) is 11.6 Å². The Morgan fingerprint density at radius 1 is 0.750 bits per heavy atom. The standard InChI is InChI=1S/C29H28ClN3O5S2/c1-20-7-13-25(14-8-20)33(40(37,38)27-15-9-23(30)10-16-27)19-28(34)31-24-11-17-26(18-12-24)39(35,36)32-29-21(2)5-4-6-22(29)3/h4-18,32H,19H2,1-3H3,(H,31,34). The van der Waals surface area contributed by atoms with Gasteiger partial charge in [-0.1, -0.05) is 47.5 Å². The summed E-state index contributed by atoms with van der Waals surface area (Å²) in [5.41, 5.74) is 3.65. The fraction of sp³-hybridized carbons (Fsp3) is 0.138. The predicted molar refractivity (Wildman–Crippen MR) is 159 cm³/mol. The molecule has 0 radical (unpaired) electrons. The van der Waals surface area contributed by atoms with Crippen molar-refractivity contribution in [1.82, 2.24) is 0 Å². The molecule has 0 saturated heterocycles. The molecule has 4 aromatic carbocycles. The summed E-state index contributed by atoms with van der Waals surface area (Å²) in [4.78, 5) is 13.0. The molecule has 1 amide bonds. The number of rotatable bonds is 9. The van der Waals surface area contributed by atoms with Crippen molar-refractivity contribution in [3.05, 3.63) is 113 Å². The van der Waals surface area contributed by atoms with Crippen molar-refractivity contribution in [2.24, 2.45) is 0 Å². The van der Waals surface area contributed by atoms with Gasteiger partial charge in [-0.3, -0.25) is 13.8 Å². The molecule has 0 fully saturated rings. The summed E-state index contributed by atoms with van der Waals surface area (Å²) >= 11 is 5.93. The summed E-state index contributed by atoms with van der Waals surface area (Å²) in [5.74, 6) is -0.609. The van der Waals surface area contributed by atoms with Crippen molar-refractivity contribution in [3.8, 4) is 0 Å². The molecule has 0 aliphatic heterocycles. The lowest BCUT2D eigenvalue weighted by molar-refractivity contribution is -0.114. The van der Waals surface area contributed by atoms with E-state index >= 15 is 0 Å². The van der Waals surface area contributed by atoms with Crippen molar-refractivity contribution in [2.45, 2.75) is 30.6 Å². The van der Waals surface area contributed by atoms with E-state index in [1.54, 1.807) is 24.3 Å². The first kappa shape index (κ1) is 29.1. The van der Waals surface area contributed by atoms with Crippen LogP contribution in [0.15, 0.2) is 101 Å². The molecule has 0 atom stereocenters. The zero-order valence-corrected chi connectivity index (χ0v) is 24.4. The van der Waals surface area contributed by atoms with Crippen molar-refractivity contribution in [1.29, 1.82) is 0 Å². The van der Waals surface area contributed by atoms with Crippen LogP contribution in [-0.4, -0.2) is 29.3 Å². The van der Waals surface area contributed by atoms with Gasteiger partial charge < -0.3 is 5.32 Å². The first-order valence-corrected chi connectivity index (χ1v) is 15.5. The minimum absolute atomic E-state index is 0.0137. The smallest absolute Gasteiger partial charge is 0.264 e. The molecule has 2 N–H and O–H groups in total. The van der Waals surface area contributed by atoms with Crippen LogP contribution in [0, 0.1) is 20.8 Å². The van der Waals surface area contributed by atoms with Gasteiger partial charge in [0.2, 0.25) is 5.91 Å². The number of halogens is 1. The van der Waals surface area contributed by atoms with Crippen LogP contribution in [0.25, 0.3) is 0 Å². The molecule has 11 heteroatoms. The number of hydrogen-bond acceptors (Lipinski definition) is 5. The Hall–Kier alpha value is -3.86. The summed E-state index contributed by atoms with van der Waals surface area (Å²) in [7, 11) is -7.98.